The van der Waals surface area contributed by atoms with Gasteiger partial charge in [-0.25, -0.2) is 0 Å². The molecule has 0 atom stereocenters. The number of rotatable bonds is 6. The number of nitrogens with one attached hydrogen (secondary N) is 3. The number of ether oxygens (including phenoxy) is 1. The molecule has 0 unspecified atom stereocenters. The van der Waals surface area contributed by atoms with Gasteiger partial charge in [-0.1, -0.05) is 26.0 Å². The molecule has 0 spiro atoms. The van der Waals surface area contributed by atoms with E-state index in [4.69, 9.17) is 4.74 Å². The van der Waals surface area contributed by atoms with Crippen LogP contribution in [-0.2, 0) is 6.42 Å². The molecule has 25 heavy (non-hydrogen) atoms. The number of carbonyl (C=O) groups is 1. The summed E-state index contributed by atoms with van der Waals surface area (Å²) in [5.41, 5.74) is 1.74. The van der Waals surface area contributed by atoms with Crippen LogP contribution in [0.3, 0.4) is 0 Å². The van der Waals surface area contributed by atoms with E-state index in [1.165, 1.54) is 0 Å². The van der Waals surface area contributed by atoms with Crippen LogP contribution in [-0.4, -0.2) is 38.4 Å². The molecule has 0 saturated heterocycles. The van der Waals surface area contributed by atoms with Crippen molar-refractivity contribution >= 4 is 11.9 Å². The normalized spacial score (nSPS) is 10.9. The molecule has 0 aliphatic rings. The van der Waals surface area contributed by atoms with E-state index in [1.807, 2.05) is 24.3 Å². The highest BCUT2D eigenvalue weighted by molar-refractivity contribution is 6.02. The molecular formula is C17H20N6O2. The van der Waals surface area contributed by atoms with Crippen LogP contribution in [0.25, 0.3) is 11.3 Å². The summed E-state index contributed by atoms with van der Waals surface area (Å²) in [6.07, 6.45) is 0.769. The number of amides is 1. The van der Waals surface area contributed by atoms with Crippen molar-refractivity contribution in [2.75, 3.05) is 12.4 Å². The summed E-state index contributed by atoms with van der Waals surface area (Å²) in [6.45, 7) is 4.18. The van der Waals surface area contributed by atoms with Crippen molar-refractivity contribution in [1.29, 1.82) is 0 Å². The van der Waals surface area contributed by atoms with E-state index in [1.54, 1.807) is 13.2 Å². The van der Waals surface area contributed by atoms with Gasteiger partial charge in [-0.05, 0) is 24.1 Å². The van der Waals surface area contributed by atoms with Crippen molar-refractivity contribution in [3.8, 4) is 17.0 Å². The number of nitrogens with zero attached hydrogens (tertiary/aromatic N) is 3. The van der Waals surface area contributed by atoms with Gasteiger partial charge < -0.3 is 4.74 Å². The first kappa shape index (κ1) is 16.7. The second-order valence-corrected chi connectivity index (χ2v) is 6.02. The molecule has 8 heteroatoms. The van der Waals surface area contributed by atoms with Crippen molar-refractivity contribution in [2.24, 2.45) is 5.92 Å². The van der Waals surface area contributed by atoms with Gasteiger partial charge in [0.2, 0.25) is 5.95 Å². The van der Waals surface area contributed by atoms with Crippen LogP contribution in [0.15, 0.2) is 30.3 Å². The largest absolute Gasteiger partial charge is 0.496 e. The summed E-state index contributed by atoms with van der Waals surface area (Å²) < 4.78 is 5.32. The Hall–Kier alpha value is -3.16. The number of hydrogen-bond acceptors (Lipinski definition) is 5. The molecule has 0 saturated carbocycles. The van der Waals surface area contributed by atoms with Gasteiger partial charge in [0.15, 0.2) is 0 Å². The molecule has 3 rings (SSSR count). The van der Waals surface area contributed by atoms with E-state index in [2.05, 4.69) is 44.5 Å². The van der Waals surface area contributed by atoms with Gasteiger partial charge in [-0.15, -0.1) is 5.10 Å². The molecule has 0 aliphatic heterocycles. The van der Waals surface area contributed by atoms with Crippen LogP contribution in [0.2, 0.25) is 0 Å². The van der Waals surface area contributed by atoms with Crippen LogP contribution < -0.4 is 10.1 Å². The third-order valence-corrected chi connectivity index (χ3v) is 3.56. The second kappa shape index (κ2) is 7.16. The maximum absolute atomic E-state index is 12.3. The molecule has 0 fully saturated rings. The zero-order valence-corrected chi connectivity index (χ0v) is 14.3. The SMILES string of the molecule is COc1ccccc1-c1cc(C(=O)Nc2n[nH]c(CC(C)C)n2)[nH]n1. The molecule has 130 valence electrons. The summed E-state index contributed by atoms with van der Waals surface area (Å²) in [5, 5.41) is 16.4. The predicted molar refractivity (Wildman–Crippen MR) is 93.5 cm³/mol. The summed E-state index contributed by atoms with van der Waals surface area (Å²) in [6, 6.07) is 9.14. The van der Waals surface area contributed by atoms with Crippen LogP contribution in [0, 0.1) is 5.92 Å². The number of aromatic amines is 2. The van der Waals surface area contributed by atoms with Gasteiger partial charge in [0.05, 0.1) is 12.8 Å². The van der Waals surface area contributed by atoms with E-state index in [0.29, 0.717) is 23.1 Å². The van der Waals surface area contributed by atoms with Gasteiger partial charge in [-0.2, -0.15) is 10.1 Å². The number of carbonyl (C=O) groups excluding carboxylic acids is 1. The van der Waals surface area contributed by atoms with Gasteiger partial charge in [-0.3, -0.25) is 20.3 Å². The van der Waals surface area contributed by atoms with Gasteiger partial charge >= 0.3 is 0 Å². The predicted octanol–water partition coefficient (Wildman–Crippen LogP) is 2.65. The Morgan fingerprint density at radius 2 is 2.04 bits per heavy atom. The molecule has 0 radical (unpaired) electrons. The molecular weight excluding hydrogens is 320 g/mol. The maximum atomic E-state index is 12.3. The maximum Gasteiger partial charge on any atom is 0.276 e. The van der Waals surface area contributed by atoms with Crippen LogP contribution in [0.5, 0.6) is 5.75 Å². The third kappa shape index (κ3) is 3.85. The zero-order valence-electron chi connectivity index (χ0n) is 14.3. The standard InChI is InChI=1S/C17H20N6O2/c1-10(2)8-15-18-17(23-22-15)19-16(24)13-9-12(20-21-13)11-6-4-5-7-14(11)25-3/h4-7,9-10H,8H2,1-3H3,(H,20,21)(H2,18,19,22,23,24). The Morgan fingerprint density at radius 3 is 2.80 bits per heavy atom. The first-order valence-electron chi connectivity index (χ1n) is 7.98. The molecule has 3 aromatic rings. The molecule has 1 amide bonds. The minimum absolute atomic E-state index is 0.245. The summed E-state index contributed by atoms with van der Waals surface area (Å²) in [7, 11) is 1.59. The molecule has 2 heterocycles. The Morgan fingerprint density at radius 1 is 1.24 bits per heavy atom. The fraction of sp³-hybridized carbons (Fsp3) is 0.294. The number of para-hydroxylation sites is 1. The average molecular weight is 340 g/mol. The molecule has 1 aromatic carbocycles. The van der Waals surface area contributed by atoms with E-state index < -0.39 is 0 Å². The smallest absolute Gasteiger partial charge is 0.276 e. The van der Waals surface area contributed by atoms with Crippen molar-refractivity contribution in [3.05, 3.63) is 41.9 Å². The number of anilines is 1. The number of benzene rings is 1. The van der Waals surface area contributed by atoms with E-state index in [9.17, 15) is 4.79 Å². The zero-order chi connectivity index (χ0) is 17.8. The fourth-order valence-corrected chi connectivity index (χ4v) is 2.43. The first-order valence-corrected chi connectivity index (χ1v) is 7.98. The Bertz CT molecular complexity index is 867. The third-order valence-electron chi connectivity index (χ3n) is 3.56. The van der Waals surface area contributed by atoms with E-state index in [-0.39, 0.29) is 11.9 Å². The van der Waals surface area contributed by atoms with Gasteiger partial charge in [0.25, 0.3) is 5.91 Å². The van der Waals surface area contributed by atoms with Crippen molar-refractivity contribution in [1.82, 2.24) is 25.4 Å². The second-order valence-electron chi connectivity index (χ2n) is 6.02. The highest BCUT2D eigenvalue weighted by Crippen LogP contribution is 2.28. The van der Waals surface area contributed by atoms with E-state index >= 15 is 0 Å². The Kier molecular flexibility index (Phi) is 4.78. The number of hydrogen-bond donors (Lipinski definition) is 3. The summed E-state index contributed by atoms with van der Waals surface area (Å²) >= 11 is 0. The van der Waals surface area contributed by atoms with Crippen molar-refractivity contribution < 1.29 is 9.53 Å². The minimum atomic E-state index is -0.358. The molecule has 0 aliphatic carbocycles. The first-order chi connectivity index (χ1) is 12.1. The van der Waals surface area contributed by atoms with E-state index in [0.717, 1.165) is 17.8 Å². The van der Waals surface area contributed by atoms with Crippen LogP contribution in [0.4, 0.5) is 5.95 Å². The Balaban J connectivity index is 1.73. The highest BCUT2D eigenvalue weighted by atomic mass is 16.5. The Labute approximate surface area is 145 Å². The fourth-order valence-electron chi connectivity index (χ4n) is 2.43. The lowest BCUT2D eigenvalue weighted by molar-refractivity contribution is 0.102. The van der Waals surface area contributed by atoms with Crippen LogP contribution >= 0.6 is 0 Å². The number of methoxy groups -OCH3 is 1. The lowest BCUT2D eigenvalue weighted by Gasteiger charge is -2.04. The number of aromatic nitrogens is 5. The monoisotopic (exact) mass is 340 g/mol. The van der Waals surface area contributed by atoms with Gasteiger partial charge in [0.1, 0.15) is 17.3 Å². The molecule has 0 bridgehead atoms. The summed E-state index contributed by atoms with van der Waals surface area (Å²) in [4.78, 5) is 16.6. The quantitative estimate of drug-likeness (QED) is 0.639. The average Bonchev–Trinajstić information content (AvgIpc) is 3.24. The van der Waals surface area contributed by atoms with Gasteiger partial charge in [0, 0.05) is 12.0 Å². The topological polar surface area (TPSA) is 109 Å². The van der Waals surface area contributed by atoms with Crippen molar-refractivity contribution in [3.63, 3.8) is 0 Å². The highest BCUT2D eigenvalue weighted by Gasteiger charge is 2.15. The lowest BCUT2D eigenvalue weighted by atomic mass is 10.1. The van der Waals surface area contributed by atoms with Crippen molar-refractivity contribution in [2.45, 2.75) is 20.3 Å². The summed E-state index contributed by atoms with van der Waals surface area (Å²) in [5.74, 6) is 1.77. The minimum Gasteiger partial charge on any atom is -0.496 e. The molecule has 2 aromatic heterocycles. The lowest BCUT2D eigenvalue weighted by Crippen LogP contribution is -2.13. The number of H-pyrrole nitrogens is 2. The molecule has 3 N–H and O–H groups in total. The van der Waals surface area contributed by atoms with Crippen LogP contribution in [0.1, 0.15) is 30.2 Å². The molecule has 8 nitrogen and oxygen atoms in total.